The minimum atomic E-state index is -0.810. The number of hydrogen-bond donors (Lipinski definition) is 1. The van der Waals surface area contributed by atoms with Crippen molar-refractivity contribution in [3.05, 3.63) is 18.2 Å². The quantitative estimate of drug-likeness (QED) is 0.724. The normalized spacial score (nSPS) is 16.3. The molecule has 0 saturated heterocycles. The van der Waals surface area contributed by atoms with Gasteiger partial charge in [0.1, 0.15) is 12.4 Å². The summed E-state index contributed by atoms with van der Waals surface area (Å²) in [7, 11) is 0. The Labute approximate surface area is 69.8 Å². The lowest BCUT2D eigenvalue weighted by Crippen LogP contribution is -2.10. The van der Waals surface area contributed by atoms with Crippen LogP contribution >= 0.6 is 0 Å². The van der Waals surface area contributed by atoms with E-state index in [2.05, 4.69) is 4.98 Å². The van der Waals surface area contributed by atoms with Gasteiger partial charge >= 0.3 is 5.97 Å². The number of imidazole rings is 1. The molecule has 1 fully saturated rings. The number of carboxylic acids is 1. The molecule has 0 radical (unpaired) electrons. The molecule has 12 heavy (non-hydrogen) atoms. The molecule has 0 atom stereocenters. The number of carboxylic acid groups (broad SMARTS) is 1. The second kappa shape index (κ2) is 2.62. The van der Waals surface area contributed by atoms with Gasteiger partial charge in [0.15, 0.2) is 0 Å². The molecule has 0 unspecified atom stereocenters. The van der Waals surface area contributed by atoms with E-state index in [0.717, 1.165) is 18.7 Å². The van der Waals surface area contributed by atoms with Crippen LogP contribution in [0.15, 0.2) is 12.4 Å². The Bertz CT molecular complexity index is 302. The van der Waals surface area contributed by atoms with E-state index < -0.39 is 5.97 Å². The Morgan fingerprint density at radius 2 is 2.50 bits per heavy atom. The number of rotatable bonds is 3. The van der Waals surface area contributed by atoms with Crippen LogP contribution in [0.1, 0.15) is 24.6 Å². The number of hydrogen-bond acceptors (Lipinski definition) is 2. The lowest BCUT2D eigenvalue weighted by molar-refractivity contribution is -0.137. The van der Waals surface area contributed by atoms with Gasteiger partial charge < -0.3 is 9.67 Å². The molecule has 1 aliphatic rings. The van der Waals surface area contributed by atoms with Gasteiger partial charge in [-0.15, -0.1) is 0 Å². The SMILES string of the molecule is O=C(O)Cn1ccnc1C1CC1. The molecule has 1 saturated carbocycles. The zero-order chi connectivity index (χ0) is 8.55. The molecule has 1 heterocycles. The van der Waals surface area contributed by atoms with E-state index in [4.69, 9.17) is 5.11 Å². The van der Waals surface area contributed by atoms with Gasteiger partial charge in [-0.3, -0.25) is 4.79 Å². The molecule has 1 aromatic rings. The number of aromatic nitrogens is 2. The molecule has 0 aromatic carbocycles. The molecule has 2 rings (SSSR count). The second-order valence-corrected chi connectivity index (χ2v) is 3.08. The highest BCUT2D eigenvalue weighted by atomic mass is 16.4. The van der Waals surface area contributed by atoms with Gasteiger partial charge in [0.25, 0.3) is 0 Å². The predicted molar refractivity (Wildman–Crippen MR) is 41.8 cm³/mol. The minimum absolute atomic E-state index is 0.0336. The maximum absolute atomic E-state index is 10.4. The van der Waals surface area contributed by atoms with Crippen molar-refractivity contribution >= 4 is 5.97 Å². The van der Waals surface area contributed by atoms with Crippen LogP contribution in [0.3, 0.4) is 0 Å². The molecular formula is C8H10N2O2. The van der Waals surface area contributed by atoms with E-state index in [1.807, 2.05) is 0 Å². The number of aliphatic carboxylic acids is 1. The van der Waals surface area contributed by atoms with Crippen molar-refractivity contribution in [2.45, 2.75) is 25.3 Å². The van der Waals surface area contributed by atoms with E-state index in [0.29, 0.717) is 5.92 Å². The van der Waals surface area contributed by atoms with E-state index >= 15 is 0 Å². The van der Waals surface area contributed by atoms with Crippen LogP contribution in [-0.4, -0.2) is 20.6 Å². The molecule has 0 amide bonds. The summed E-state index contributed by atoms with van der Waals surface area (Å²) in [4.78, 5) is 14.5. The van der Waals surface area contributed by atoms with Crippen LogP contribution in [-0.2, 0) is 11.3 Å². The lowest BCUT2D eigenvalue weighted by atomic mass is 10.4. The lowest BCUT2D eigenvalue weighted by Gasteiger charge is -2.01. The van der Waals surface area contributed by atoms with Crippen molar-refractivity contribution in [3.8, 4) is 0 Å². The number of nitrogens with zero attached hydrogens (tertiary/aromatic N) is 2. The van der Waals surface area contributed by atoms with Gasteiger partial charge in [-0.25, -0.2) is 4.98 Å². The Kier molecular flexibility index (Phi) is 1.60. The van der Waals surface area contributed by atoms with Gasteiger partial charge in [0, 0.05) is 18.3 Å². The molecule has 1 aromatic heterocycles. The van der Waals surface area contributed by atoms with Crippen LogP contribution in [0.25, 0.3) is 0 Å². The maximum Gasteiger partial charge on any atom is 0.323 e. The van der Waals surface area contributed by atoms with Crippen molar-refractivity contribution in [2.75, 3.05) is 0 Å². The molecule has 0 spiro atoms. The monoisotopic (exact) mass is 166 g/mol. The summed E-state index contributed by atoms with van der Waals surface area (Å²) in [5.74, 6) is 0.631. The summed E-state index contributed by atoms with van der Waals surface area (Å²) >= 11 is 0. The Morgan fingerprint density at radius 1 is 1.75 bits per heavy atom. The van der Waals surface area contributed by atoms with Crippen molar-refractivity contribution in [1.29, 1.82) is 0 Å². The second-order valence-electron chi connectivity index (χ2n) is 3.08. The van der Waals surface area contributed by atoms with E-state index in [-0.39, 0.29) is 6.54 Å². The highest BCUT2D eigenvalue weighted by molar-refractivity contribution is 5.66. The third kappa shape index (κ3) is 1.32. The van der Waals surface area contributed by atoms with E-state index in [9.17, 15) is 4.79 Å². The largest absolute Gasteiger partial charge is 0.480 e. The first kappa shape index (κ1) is 7.34. The maximum atomic E-state index is 10.4. The molecule has 0 aliphatic heterocycles. The summed E-state index contributed by atoms with van der Waals surface area (Å²) in [5.41, 5.74) is 0. The minimum Gasteiger partial charge on any atom is -0.480 e. The smallest absolute Gasteiger partial charge is 0.323 e. The van der Waals surface area contributed by atoms with Crippen molar-refractivity contribution < 1.29 is 9.90 Å². The van der Waals surface area contributed by atoms with E-state index in [1.54, 1.807) is 17.0 Å². The van der Waals surface area contributed by atoms with Crippen LogP contribution in [0.4, 0.5) is 0 Å². The Hall–Kier alpha value is -1.32. The van der Waals surface area contributed by atoms with Crippen molar-refractivity contribution in [1.82, 2.24) is 9.55 Å². The third-order valence-corrected chi connectivity index (χ3v) is 2.00. The number of carbonyl (C=O) groups is 1. The molecule has 1 N–H and O–H groups in total. The first-order chi connectivity index (χ1) is 5.77. The van der Waals surface area contributed by atoms with E-state index in [1.165, 1.54) is 0 Å². The zero-order valence-corrected chi connectivity index (χ0v) is 6.60. The molecule has 0 bridgehead atoms. The van der Waals surface area contributed by atoms with Crippen LogP contribution < -0.4 is 0 Å². The fourth-order valence-electron chi connectivity index (χ4n) is 1.30. The molecule has 4 heteroatoms. The van der Waals surface area contributed by atoms with Gasteiger partial charge in [0.05, 0.1) is 0 Å². The summed E-state index contributed by atoms with van der Waals surface area (Å²) in [6.07, 6.45) is 5.69. The van der Waals surface area contributed by atoms with Gasteiger partial charge in [-0.1, -0.05) is 0 Å². The molecule has 64 valence electrons. The van der Waals surface area contributed by atoms with Crippen molar-refractivity contribution in [3.63, 3.8) is 0 Å². The first-order valence-corrected chi connectivity index (χ1v) is 4.00. The Morgan fingerprint density at radius 3 is 3.08 bits per heavy atom. The van der Waals surface area contributed by atoms with Gasteiger partial charge in [0.2, 0.25) is 0 Å². The summed E-state index contributed by atoms with van der Waals surface area (Å²) in [6, 6.07) is 0. The van der Waals surface area contributed by atoms with Gasteiger partial charge in [-0.05, 0) is 12.8 Å². The molecule has 4 nitrogen and oxygen atoms in total. The van der Waals surface area contributed by atoms with Crippen LogP contribution in [0.5, 0.6) is 0 Å². The third-order valence-electron chi connectivity index (χ3n) is 2.00. The zero-order valence-electron chi connectivity index (χ0n) is 6.60. The highest BCUT2D eigenvalue weighted by Crippen LogP contribution is 2.38. The molecular weight excluding hydrogens is 156 g/mol. The average Bonchev–Trinajstić information content (AvgIpc) is 2.73. The van der Waals surface area contributed by atoms with Crippen LogP contribution in [0, 0.1) is 0 Å². The predicted octanol–water partition coefficient (Wildman–Crippen LogP) is 0.845. The topological polar surface area (TPSA) is 55.1 Å². The van der Waals surface area contributed by atoms with Crippen molar-refractivity contribution in [2.24, 2.45) is 0 Å². The van der Waals surface area contributed by atoms with Crippen LogP contribution in [0.2, 0.25) is 0 Å². The summed E-state index contributed by atoms with van der Waals surface area (Å²) < 4.78 is 1.71. The first-order valence-electron chi connectivity index (χ1n) is 4.00. The summed E-state index contributed by atoms with van der Waals surface area (Å²) in [5, 5.41) is 8.56. The average molecular weight is 166 g/mol. The fraction of sp³-hybridized carbons (Fsp3) is 0.500. The standard InChI is InChI=1S/C8H10N2O2/c11-7(12)5-10-4-3-9-8(10)6-1-2-6/h3-4,6H,1-2,5H2,(H,11,12). The fourth-order valence-corrected chi connectivity index (χ4v) is 1.30. The Balaban J connectivity index is 2.18. The summed E-state index contributed by atoms with van der Waals surface area (Å²) in [6.45, 7) is 0.0336. The highest BCUT2D eigenvalue weighted by Gasteiger charge is 2.28. The molecule has 1 aliphatic carbocycles. The van der Waals surface area contributed by atoms with Gasteiger partial charge in [-0.2, -0.15) is 0 Å².